The number of rotatable bonds is 2. The van der Waals surface area contributed by atoms with Gasteiger partial charge in [-0.1, -0.05) is 17.7 Å². The number of nitrogens with zero attached hydrogens (tertiary/aromatic N) is 1. The van der Waals surface area contributed by atoms with E-state index in [0.717, 1.165) is 0 Å². The maximum Gasteiger partial charge on any atom is 0.122 e. The molecule has 1 rings (SSSR count). The molecule has 64 valence electrons. The van der Waals surface area contributed by atoms with E-state index in [-0.39, 0.29) is 9.68 Å². The molecule has 1 saturated heterocycles. The fraction of sp³-hybridized carbons (Fsp3) is 0.778. The van der Waals surface area contributed by atoms with Gasteiger partial charge in [-0.05, 0) is 39.8 Å². The Morgan fingerprint density at radius 2 is 1.91 bits per heavy atom. The third-order valence-corrected chi connectivity index (χ3v) is 4.40. The van der Waals surface area contributed by atoms with Gasteiger partial charge in [0.05, 0.1) is 0 Å². The molecule has 0 amide bonds. The first-order valence-electron chi connectivity index (χ1n) is 4.67. The van der Waals surface area contributed by atoms with Crippen molar-refractivity contribution in [2.24, 2.45) is 0 Å². The fourth-order valence-electron chi connectivity index (χ4n) is 1.56. The highest BCUT2D eigenvalue weighted by atomic mass is 28.2. The third-order valence-electron chi connectivity index (χ3n) is 2.41. The van der Waals surface area contributed by atoms with E-state index in [9.17, 15) is 0 Å². The molecular weight excluding hydrogens is 150 g/mol. The highest BCUT2D eigenvalue weighted by Gasteiger charge is 2.09. The first-order valence-corrected chi connectivity index (χ1v) is 6.01. The van der Waals surface area contributed by atoms with Crippen LogP contribution < -0.4 is 0 Å². The monoisotopic (exact) mass is 169 g/mol. The Hall–Kier alpha value is -0.0831. The summed E-state index contributed by atoms with van der Waals surface area (Å²) >= 11 is 0. The zero-order valence-corrected chi connectivity index (χ0v) is 9.18. The predicted octanol–water partition coefficient (Wildman–Crippen LogP) is 1.48. The van der Waals surface area contributed by atoms with E-state index in [4.69, 9.17) is 0 Å². The van der Waals surface area contributed by atoms with Crippen LogP contribution in [0.2, 0.25) is 0 Å². The van der Waals surface area contributed by atoms with E-state index in [1.165, 1.54) is 32.4 Å². The molecule has 0 unspecified atom stereocenters. The van der Waals surface area contributed by atoms with Gasteiger partial charge in [-0.25, -0.2) is 0 Å². The summed E-state index contributed by atoms with van der Waals surface area (Å²) in [5, 5.41) is 1.65. The van der Waals surface area contributed by atoms with Crippen molar-refractivity contribution in [3.8, 4) is 0 Å². The maximum absolute atomic E-state index is 2.69. The van der Waals surface area contributed by atoms with Crippen molar-refractivity contribution in [1.29, 1.82) is 0 Å². The lowest BCUT2D eigenvalue weighted by Gasteiger charge is -2.26. The van der Waals surface area contributed by atoms with E-state index in [1.807, 2.05) is 0 Å². The van der Waals surface area contributed by atoms with Gasteiger partial charge >= 0.3 is 0 Å². The average Bonchev–Trinajstić information content (AvgIpc) is 2.06. The van der Waals surface area contributed by atoms with Crippen LogP contribution in [-0.4, -0.2) is 27.3 Å². The lowest BCUT2D eigenvalue weighted by atomic mass is 10.2. The summed E-state index contributed by atoms with van der Waals surface area (Å²) in [4.78, 5) is 0. The van der Waals surface area contributed by atoms with Crippen molar-refractivity contribution < 1.29 is 0 Å². The fourth-order valence-corrected chi connectivity index (χ4v) is 3.21. The minimum Gasteiger partial charge on any atom is -0.325 e. The Bertz CT molecular complexity index is 136. The van der Waals surface area contributed by atoms with Crippen molar-refractivity contribution in [2.45, 2.75) is 33.1 Å². The van der Waals surface area contributed by atoms with Gasteiger partial charge in [0.25, 0.3) is 0 Å². The number of hydrogen-bond acceptors (Lipinski definition) is 1. The lowest BCUT2D eigenvalue weighted by Crippen LogP contribution is -2.33. The number of piperidine rings is 1. The standard InChI is InChI=1S/C9H19NSi/c1-3-9(2)11-10-7-5-4-6-8-10/h3H,4-8,11H2,1-2H3. The van der Waals surface area contributed by atoms with Crippen LogP contribution in [0, 0.1) is 0 Å². The van der Waals surface area contributed by atoms with Gasteiger partial charge in [0, 0.05) is 0 Å². The molecule has 0 radical (unpaired) electrons. The molecule has 1 nitrogen and oxygen atoms in total. The minimum absolute atomic E-state index is 0.0157. The van der Waals surface area contributed by atoms with Gasteiger partial charge in [-0.2, -0.15) is 0 Å². The van der Waals surface area contributed by atoms with Crippen LogP contribution in [0.4, 0.5) is 0 Å². The molecule has 1 heterocycles. The molecule has 1 aliphatic heterocycles. The number of hydrogen-bond donors (Lipinski definition) is 0. The van der Waals surface area contributed by atoms with Crippen LogP contribution in [-0.2, 0) is 0 Å². The molecule has 0 aromatic heterocycles. The van der Waals surface area contributed by atoms with Gasteiger partial charge in [-0.3, -0.25) is 0 Å². The molecule has 0 aromatic rings. The SMILES string of the molecule is CC=C(C)[SiH2]N1CCCCC1. The van der Waals surface area contributed by atoms with E-state index in [1.54, 1.807) is 5.20 Å². The smallest absolute Gasteiger partial charge is 0.122 e. The van der Waals surface area contributed by atoms with Gasteiger partial charge in [-0.15, -0.1) is 0 Å². The van der Waals surface area contributed by atoms with E-state index < -0.39 is 0 Å². The molecule has 0 saturated carbocycles. The summed E-state index contributed by atoms with van der Waals surface area (Å²) in [6.07, 6.45) is 6.61. The maximum atomic E-state index is 2.69. The van der Waals surface area contributed by atoms with Gasteiger partial charge < -0.3 is 4.57 Å². The first-order chi connectivity index (χ1) is 5.33. The molecule has 0 bridgehead atoms. The zero-order chi connectivity index (χ0) is 8.10. The molecule has 1 aliphatic rings. The normalized spacial score (nSPS) is 23.3. The summed E-state index contributed by atoms with van der Waals surface area (Å²) in [5.41, 5.74) is 0. The molecule has 0 aliphatic carbocycles. The summed E-state index contributed by atoms with van der Waals surface area (Å²) in [6, 6.07) is 0. The van der Waals surface area contributed by atoms with Crippen LogP contribution >= 0.6 is 0 Å². The van der Waals surface area contributed by atoms with Crippen LogP contribution in [0.1, 0.15) is 33.1 Å². The minimum atomic E-state index is -0.0157. The van der Waals surface area contributed by atoms with Crippen LogP contribution in [0.25, 0.3) is 0 Å². The molecule has 2 heteroatoms. The molecule has 0 aromatic carbocycles. The quantitative estimate of drug-likeness (QED) is 0.566. The summed E-state index contributed by atoms with van der Waals surface area (Å²) in [6.45, 7) is 7.18. The molecule has 1 fully saturated rings. The zero-order valence-electron chi connectivity index (χ0n) is 7.77. The predicted molar refractivity (Wildman–Crippen MR) is 53.4 cm³/mol. The Labute approximate surface area is 72.4 Å². The molecule has 0 atom stereocenters. The first kappa shape index (κ1) is 9.01. The topological polar surface area (TPSA) is 3.24 Å². The van der Waals surface area contributed by atoms with Crippen LogP contribution in [0.15, 0.2) is 11.3 Å². The van der Waals surface area contributed by atoms with Gasteiger partial charge in [0.15, 0.2) is 0 Å². The van der Waals surface area contributed by atoms with Crippen molar-refractivity contribution in [3.63, 3.8) is 0 Å². The second-order valence-corrected chi connectivity index (χ2v) is 5.80. The molecule has 0 spiro atoms. The summed E-state index contributed by atoms with van der Waals surface area (Å²) in [5.74, 6) is 0. The summed E-state index contributed by atoms with van der Waals surface area (Å²) < 4.78 is 2.69. The highest BCUT2D eigenvalue weighted by molar-refractivity contribution is 6.41. The Kier molecular flexibility index (Phi) is 3.87. The average molecular weight is 169 g/mol. The Morgan fingerprint density at radius 1 is 1.27 bits per heavy atom. The van der Waals surface area contributed by atoms with Gasteiger partial charge in [0.1, 0.15) is 9.68 Å². The number of allylic oxidation sites excluding steroid dienone is 2. The van der Waals surface area contributed by atoms with Crippen LogP contribution in [0.5, 0.6) is 0 Å². The Balaban J connectivity index is 2.24. The highest BCUT2D eigenvalue weighted by Crippen LogP contribution is 2.08. The molecular formula is C9H19NSi. The van der Waals surface area contributed by atoms with Crippen molar-refractivity contribution in [1.82, 2.24) is 4.57 Å². The molecule has 0 N–H and O–H groups in total. The largest absolute Gasteiger partial charge is 0.325 e. The van der Waals surface area contributed by atoms with E-state index in [0.29, 0.717) is 0 Å². The summed E-state index contributed by atoms with van der Waals surface area (Å²) in [7, 11) is -0.0157. The third kappa shape index (κ3) is 3.21. The molecule has 11 heavy (non-hydrogen) atoms. The van der Waals surface area contributed by atoms with E-state index in [2.05, 4.69) is 24.5 Å². The lowest BCUT2D eigenvalue weighted by molar-refractivity contribution is 0.362. The van der Waals surface area contributed by atoms with Crippen molar-refractivity contribution in [3.05, 3.63) is 11.3 Å². The van der Waals surface area contributed by atoms with Crippen LogP contribution in [0.3, 0.4) is 0 Å². The second-order valence-electron chi connectivity index (χ2n) is 3.47. The van der Waals surface area contributed by atoms with Crippen molar-refractivity contribution >= 4 is 9.68 Å². The Morgan fingerprint density at radius 3 is 2.45 bits per heavy atom. The van der Waals surface area contributed by atoms with Crippen molar-refractivity contribution in [2.75, 3.05) is 13.1 Å². The van der Waals surface area contributed by atoms with Gasteiger partial charge in [0.2, 0.25) is 0 Å². The second kappa shape index (κ2) is 4.73. The van der Waals surface area contributed by atoms with E-state index >= 15 is 0 Å².